The standard InChI is InChI=1S/C35H51N5O7/c1-33(2,3)27(25(41)19-12-10-11-13-22(19)47-9)38-32(46)39-28(34(4,5)6)31(45)40-17-20-23(35(20,7)8)24(40)30(44)37-21(16-18-14-15-18)26(42)29(36)43/h10-13,18,20-21,23-24,27-28H,14-17H2,1-9H3,(H2,36,43)(H,37,44)(H2,38,39,46)/t20-,21?,23-,24-,27+,28+/m0/s1. The van der Waals surface area contributed by atoms with E-state index in [0.29, 0.717) is 24.3 Å². The van der Waals surface area contributed by atoms with Crippen molar-refractivity contribution >= 4 is 35.3 Å². The highest BCUT2D eigenvalue weighted by Gasteiger charge is 2.70. The largest absolute Gasteiger partial charge is 0.496 e. The lowest BCUT2D eigenvalue weighted by Gasteiger charge is -2.38. The van der Waals surface area contributed by atoms with Crippen LogP contribution in [0.2, 0.25) is 0 Å². The number of carbonyl (C=O) groups excluding carboxylic acids is 6. The number of ether oxygens (including phenoxy) is 1. The van der Waals surface area contributed by atoms with E-state index in [1.807, 2.05) is 55.4 Å². The highest BCUT2D eigenvalue weighted by molar-refractivity contribution is 6.37. The lowest BCUT2D eigenvalue weighted by Crippen LogP contribution is -2.62. The van der Waals surface area contributed by atoms with Gasteiger partial charge in [0.25, 0.3) is 5.91 Å². The van der Waals surface area contributed by atoms with Crippen LogP contribution in [0.15, 0.2) is 24.3 Å². The zero-order valence-corrected chi connectivity index (χ0v) is 29.1. The van der Waals surface area contributed by atoms with E-state index in [1.165, 1.54) is 12.0 Å². The highest BCUT2D eigenvalue weighted by atomic mass is 16.5. The second-order valence-corrected chi connectivity index (χ2v) is 16.1. The van der Waals surface area contributed by atoms with Crippen LogP contribution in [-0.4, -0.2) is 78.0 Å². The average molecular weight is 654 g/mol. The number of urea groups is 1. The summed E-state index contributed by atoms with van der Waals surface area (Å²) >= 11 is 0. The van der Waals surface area contributed by atoms with Crippen molar-refractivity contribution in [3.63, 3.8) is 0 Å². The maximum Gasteiger partial charge on any atom is 0.316 e. The van der Waals surface area contributed by atoms with Crippen molar-refractivity contribution in [2.45, 2.75) is 98.8 Å². The van der Waals surface area contributed by atoms with E-state index in [-0.39, 0.29) is 29.0 Å². The van der Waals surface area contributed by atoms with Gasteiger partial charge in [0.1, 0.15) is 17.8 Å². The Hall–Kier alpha value is -3.96. The van der Waals surface area contributed by atoms with Crippen LogP contribution < -0.4 is 26.4 Å². The Morgan fingerprint density at radius 1 is 0.936 bits per heavy atom. The first-order valence-corrected chi connectivity index (χ1v) is 16.4. The van der Waals surface area contributed by atoms with Gasteiger partial charge in [-0.2, -0.15) is 0 Å². The third kappa shape index (κ3) is 7.62. The fraction of sp³-hybridized carbons (Fsp3) is 0.657. The molecule has 0 radical (unpaired) electrons. The molecular formula is C35H51N5O7. The number of nitrogens with two attached hydrogens (primary N) is 1. The van der Waals surface area contributed by atoms with E-state index in [2.05, 4.69) is 16.0 Å². The van der Waals surface area contributed by atoms with Gasteiger partial charge in [0, 0.05) is 6.54 Å². The van der Waals surface area contributed by atoms with E-state index in [0.717, 1.165) is 12.8 Å². The number of nitrogens with zero attached hydrogens (tertiary/aromatic N) is 1. The molecule has 5 amide bonds. The fourth-order valence-corrected chi connectivity index (χ4v) is 6.96. The summed E-state index contributed by atoms with van der Waals surface area (Å²) in [5.74, 6) is -2.75. The lowest BCUT2D eigenvalue weighted by molar-refractivity contribution is -0.145. The van der Waals surface area contributed by atoms with E-state index in [9.17, 15) is 28.8 Å². The number of methoxy groups -OCH3 is 1. The zero-order chi connectivity index (χ0) is 35.2. The van der Waals surface area contributed by atoms with Gasteiger partial charge in [-0.1, -0.05) is 80.4 Å². The maximum absolute atomic E-state index is 14.3. The molecule has 1 aromatic carbocycles. The van der Waals surface area contributed by atoms with Gasteiger partial charge in [0.05, 0.1) is 24.8 Å². The van der Waals surface area contributed by atoms with Gasteiger partial charge in [0.15, 0.2) is 5.78 Å². The number of carbonyl (C=O) groups is 6. The number of hydrogen-bond donors (Lipinski definition) is 4. The Morgan fingerprint density at radius 3 is 2.04 bits per heavy atom. The summed E-state index contributed by atoms with van der Waals surface area (Å²) < 4.78 is 5.38. The first kappa shape index (κ1) is 35.9. The second kappa shape index (κ2) is 12.9. The van der Waals surface area contributed by atoms with Gasteiger partial charge >= 0.3 is 6.03 Å². The molecule has 1 unspecified atom stereocenters. The molecule has 0 bridgehead atoms. The molecule has 2 saturated carbocycles. The summed E-state index contributed by atoms with van der Waals surface area (Å²) in [6.45, 7) is 15.3. The third-order valence-corrected chi connectivity index (χ3v) is 10.1. The van der Waals surface area contributed by atoms with Crippen LogP contribution >= 0.6 is 0 Å². The minimum Gasteiger partial charge on any atom is -0.496 e. The van der Waals surface area contributed by atoms with Crippen molar-refractivity contribution in [2.75, 3.05) is 13.7 Å². The number of Topliss-reactive ketones (excluding diaryl/α,β-unsaturated/α-hetero) is 2. The fourth-order valence-electron chi connectivity index (χ4n) is 6.96. The number of ketones is 2. The summed E-state index contributed by atoms with van der Waals surface area (Å²) in [7, 11) is 1.47. The van der Waals surface area contributed by atoms with Gasteiger partial charge in [0.2, 0.25) is 17.6 Å². The van der Waals surface area contributed by atoms with Crippen LogP contribution in [-0.2, 0) is 19.2 Å². The number of likely N-dealkylation sites (tertiary alicyclic amines) is 1. The number of para-hydroxylation sites is 1. The average Bonchev–Trinajstić information content (AvgIpc) is 3.83. The molecule has 2 aliphatic carbocycles. The Kier molecular flexibility index (Phi) is 9.86. The van der Waals surface area contributed by atoms with E-state index in [4.69, 9.17) is 10.5 Å². The van der Waals surface area contributed by atoms with Crippen molar-refractivity contribution in [3.8, 4) is 5.75 Å². The highest BCUT2D eigenvalue weighted by Crippen LogP contribution is 2.65. The lowest BCUT2D eigenvalue weighted by atomic mass is 9.82. The number of primary amides is 1. The molecule has 0 aromatic heterocycles. The number of piperidine rings is 1. The van der Waals surface area contributed by atoms with Crippen LogP contribution in [0, 0.1) is 34.0 Å². The van der Waals surface area contributed by atoms with Crippen molar-refractivity contribution in [3.05, 3.63) is 29.8 Å². The molecule has 0 spiro atoms. The number of amides is 5. The molecule has 1 aliphatic heterocycles. The van der Waals surface area contributed by atoms with Gasteiger partial charge in [-0.25, -0.2) is 4.79 Å². The number of rotatable bonds is 12. The monoisotopic (exact) mass is 653 g/mol. The van der Waals surface area contributed by atoms with E-state index < -0.39 is 64.5 Å². The SMILES string of the molecule is COc1ccccc1C(=O)[C@@H](NC(=O)N[C@H](C(=O)N1C[C@H]2[C@@H]([C@H]1C(=O)NC(CC1CC1)C(=O)C(N)=O)C2(C)C)C(C)(C)C)C(C)(C)C. The van der Waals surface area contributed by atoms with E-state index >= 15 is 0 Å². The summed E-state index contributed by atoms with van der Waals surface area (Å²) in [6.07, 6.45) is 2.14. The minimum absolute atomic E-state index is 0.0501. The second-order valence-electron chi connectivity index (χ2n) is 16.1. The summed E-state index contributed by atoms with van der Waals surface area (Å²) in [6, 6.07) is 2.11. The van der Waals surface area contributed by atoms with Crippen molar-refractivity contribution < 1.29 is 33.5 Å². The molecule has 4 rings (SSSR count). The molecule has 12 heteroatoms. The molecular weight excluding hydrogens is 602 g/mol. The summed E-state index contributed by atoms with van der Waals surface area (Å²) in [5.41, 5.74) is 3.94. The predicted octanol–water partition coefficient (Wildman–Crippen LogP) is 2.83. The van der Waals surface area contributed by atoms with Crippen LogP contribution in [0.5, 0.6) is 5.75 Å². The van der Waals surface area contributed by atoms with Gasteiger partial charge in [-0.05, 0) is 52.6 Å². The molecule has 258 valence electrons. The van der Waals surface area contributed by atoms with Gasteiger partial charge in [-0.3, -0.25) is 24.0 Å². The normalized spacial score (nSPS) is 23.4. The van der Waals surface area contributed by atoms with Crippen LogP contribution in [0.4, 0.5) is 4.79 Å². The van der Waals surface area contributed by atoms with Crippen molar-refractivity contribution in [1.82, 2.24) is 20.9 Å². The predicted molar refractivity (Wildman–Crippen MR) is 175 cm³/mol. The molecule has 1 heterocycles. The Balaban J connectivity index is 1.56. The zero-order valence-electron chi connectivity index (χ0n) is 29.1. The smallest absolute Gasteiger partial charge is 0.316 e. The molecule has 3 fully saturated rings. The molecule has 1 aromatic rings. The minimum atomic E-state index is -1.11. The van der Waals surface area contributed by atoms with Gasteiger partial charge in [-0.15, -0.1) is 0 Å². The third-order valence-electron chi connectivity index (χ3n) is 10.1. The van der Waals surface area contributed by atoms with Crippen LogP contribution in [0.3, 0.4) is 0 Å². The van der Waals surface area contributed by atoms with E-state index in [1.54, 1.807) is 24.3 Å². The molecule has 3 aliphatic rings. The van der Waals surface area contributed by atoms with Crippen molar-refractivity contribution in [1.29, 1.82) is 0 Å². The van der Waals surface area contributed by atoms with Crippen molar-refractivity contribution in [2.24, 2.45) is 39.7 Å². The summed E-state index contributed by atoms with van der Waals surface area (Å²) in [5, 5.41) is 8.38. The maximum atomic E-state index is 14.3. The summed E-state index contributed by atoms with van der Waals surface area (Å²) in [4.78, 5) is 81.4. The number of benzene rings is 1. The first-order valence-electron chi connectivity index (χ1n) is 16.4. The van der Waals surface area contributed by atoms with Crippen LogP contribution in [0.25, 0.3) is 0 Å². The molecule has 5 N–H and O–H groups in total. The molecule has 1 saturated heterocycles. The van der Waals surface area contributed by atoms with Crippen LogP contribution in [0.1, 0.15) is 85.0 Å². The quantitative estimate of drug-likeness (QED) is 0.198. The Morgan fingerprint density at radius 2 is 1.51 bits per heavy atom. The molecule has 12 nitrogen and oxygen atoms in total. The molecule has 6 atom stereocenters. The first-order chi connectivity index (χ1) is 21.7. The topological polar surface area (TPSA) is 177 Å². The van der Waals surface area contributed by atoms with Gasteiger partial charge < -0.3 is 31.3 Å². The number of fused-ring (bicyclic) bond motifs is 1. The Labute approximate surface area is 277 Å². The number of nitrogens with one attached hydrogen (secondary N) is 3. The Bertz CT molecular complexity index is 1440. The number of hydrogen-bond acceptors (Lipinski definition) is 7. The molecule has 47 heavy (non-hydrogen) atoms.